The molecular weight excluding hydrogens is 336 g/mol. The van der Waals surface area contributed by atoms with E-state index in [0.717, 1.165) is 22.8 Å². The molecule has 7 heteroatoms. The van der Waals surface area contributed by atoms with Crippen molar-refractivity contribution in [3.05, 3.63) is 59.8 Å². The first kappa shape index (κ1) is 17.3. The predicted molar refractivity (Wildman–Crippen MR) is 96.8 cm³/mol. The Morgan fingerprint density at radius 3 is 2.76 bits per heavy atom. The Labute approximate surface area is 150 Å². The van der Waals surface area contributed by atoms with Crippen LogP contribution in [0.25, 0.3) is 5.69 Å². The number of rotatable bonds is 6. The minimum Gasteiger partial charge on any atom is -0.467 e. The first-order valence-electron chi connectivity index (χ1n) is 8.00. The Morgan fingerprint density at radius 1 is 1.24 bits per heavy atom. The third kappa shape index (κ3) is 3.93. The van der Waals surface area contributed by atoms with Gasteiger partial charge in [0.15, 0.2) is 5.16 Å². The molecule has 130 valence electrons. The highest BCUT2D eigenvalue weighted by Gasteiger charge is 2.16. The number of aromatic nitrogens is 3. The lowest BCUT2D eigenvalue weighted by Gasteiger charge is -2.12. The van der Waals surface area contributed by atoms with Crippen LogP contribution in [0.4, 0.5) is 0 Å². The summed E-state index contributed by atoms with van der Waals surface area (Å²) in [6.07, 6.45) is 1.60. The number of hydrogen-bond donors (Lipinski definition) is 1. The van der Waals surface area contributed by atoms with E-state index in [1.54, 1.807) is 12.3 Å². The zero-order valence-corrected chi connectivity index (χ0v) is 15.2. The predicted octanol–water partition coefficient (Wildman–Crippen LogP) is 3.45. The van der Waals surface area contributed by atoms with E-state index in [1.807, 2.05) is 55.7 Å². The normalized spacial score (nSPS) is 12.1. The highest BCUT2D eigenvalue weighted by molar-refractivity contribution is 7.99. The lowest BCUT2D eigenvalue weighted by molar-refractivity contribution is -0.119. The number of furan rings is 1. The molecule has 3 aromatic rings. The monoisotopic (exact) mass is 356 g/mol. The Kier molecular flexibility index (Phi) is 5.23. The van der Waals surface area contributed by atoms with E-state index in [0.29, 0.717) is 5.16 Å². The number of nitrogens with one attached hydrogen (secondary N) is 1. The molecule has 3 rings (SSSR count). The average molecular weight is 356 g/mol. The molecule has 0 bridgehead atoms. The number of aryl methyl sites for hydroxylation is 2. The van der Waals surface area contributed by atoms with Crippen molar-refractivity contribution in [3.8, 4) is 5.69 Å². The molecule has 0 spiro atoms. The summed E-state index contributed by atoms with van der Waals surface area (Å²) in [5.41, 5.74) is 2.15. The highest BCUT2D eigenvalue weighted by Crippen LogP contribution is 2.24. The van der Waals surface area contributed by atoms with E-state index in [-0.39, 0.29) is 17.7 Å². The largest absolute Gasteiger partial charge is 0.467 e. The third-order valence-electron chi connectivity index (χ3n) is 3.83. The lowest BCUT2D eigenvalue weighted by Crippen LogP contribution is -2.28. The SMILES string of the molecule is Cc1ccccc1-n1c(C)nnc1SCC(=O)NC(C)c1ccco1. The molecule has 2 heterocycles. The van der Waals surface area contributed by atoms with Crippen LogP contribution in [-0.2, 0) is 4.79 Å². The molecule has 2 aromatic heterocycles. The Morgan fingerprint density at radius 2 is 2.04 bits per heavy atom. The van der Waals surface area contributed by atoms with Gasteiger partial charge in [-0.15, -0.1) is 10.2 Å². The summed E-state index contributed by atoms with van der Waals surface area (Å²) >= 11 is 1.37. The Bertz CT molecular complexity index is 858. The molecule has 1 unspecified atom stereocenters. The van der Waals surface area contributed by atoms with Crippen molar-refractivity contribution in [1.82, 2.24) is 20.1 Å². The summed E-state index contributed by atoms with van der Waals surface area (Å²) in [5, 5.41) is 12.0. The first-order valence-corrected chi connectivity index (χ1v) is 8.98. The summed E-state index contributed by atoms with van der Waals surface area (Å²) in [6, 6.07) is 11.5. The quantitative estimate of drug-likeness (QED) is 0.685. The molecular formula is C18H20N4O2S. The second kappa shape index (κ2) is 7.57. The number of benzene rings is 1. The maximum Gasteiger partial charge on any atom is 0.231 e. The molecule has 1 N–H and O–H groups in total. The topological polar surface area (TPSA) is 73.0 Å². The van der Waals surface area contributed by atoms with Crippen molar-refractivity contribution in [3.63, 3.8) is 0 Å². The highest BCUT2D eigenvalue weighted by atomic mass is 32.2. The number of carbonyl (C=O) groups is 1. The van der Waals surface area contributed by atoms with Gasteiger partial charge >= 0.3 is 0 Å². The fourth-order valence-corrected chi connectivity index (χ4v) is 3.35. The van der Waals surface area contributed by atoms with Crippen molar-refractivity contribution in [1.29, 1.82) is 0 Å². The zero-order chi connectivity index (χ0) is 17.8. The van der Waals surface area contributed by atoms with Gasteiger partial charge in [0.25, 0.3) is 0 Å². The second-order valence-electron chi connectivity index (χ2n) is 5.74. The number of para-hydroxylation sites is 1. The van der Waals surface area contributed by atoms with Crippen LogP contribution in [0, 0.1) is 13.8 Å². The molecule has 0 saturated carbocycles. The van der Waals surface area contributed by atoms with Crippen molar-refractivity contribution in [2.45, 2.75) is 32.0 Å². The molecule has 0 radical (unpaired) electrons. The molecule has 25 heavy (non-hydrogen) atoms. The van der Waals surface area contributed by atoms with Gasteiger partial charge in [-0.05, 0) is 44.5 Å². The van der Waals surface area contributed by atoms with E-state index in [4.69, 9.17) is 4.42 Å². The Balaban J connectivity index is 1.68. The molecule has 0 aliphatic rings. The van der Waals surface area contributed by atoms with Gasteiger partial charge in [0.1, 0.15) is 11.6 Å². The van der Waals surface area contributed by atoms with E-state index < -0.39 is 0 Å². The minimum absolute atomic E-state index is 0.0779. The number of amides is 1. The molecule has 0 fully saturated rings. The fourth-order valence-electron chi connectivity index (χ4n) is 2.55. The molecule has 0 aliphatic heterocycles. The molecule has 0 saturated heterocycles. The van der Waals surface area contributed by atoms with E-state index in [1.165, 1.54) is 11.8 Å². The van der Waals surface area contributed by atoms with Gasteiger partial charge in [-0.1, -0.05) is 30.0 Å². The maximum atomic E-state index is 12.2. The number of hydrogen-bond acceptors (Lipinski definition) is 5. The smallest absolute Gasteiger partial charge is 0.231 e. The fraction of sp³-hybridized carbons (Fsp3) is 0.278. The van der Waals surface area contributed by atoms with Crippen LogP contribution in [0.5, 0.6) is 0 Å². The average Bonchev–Trinajstić information content (AvgIpc) is 3.24. The zero-order valence-electron chi connectivity index (χ0n) is 14.4. The second-order valence-corrected chi connectivity index (χ2v) is 6.69. The van der Waals surface area contributed by atoms with Gasteiger partial charge in [-0.2, -0.15) is 0 Å². The van der Waals surface area contributed by atoms with Crippen molar-refractivity contribution >= 4 is 17.7 Å². The van der Waals surface area contributed by atoms with Crippen LogP contribution < -0.4 is 5.32 Å². The van der Waals surface area contributed by atoms with Crippen molar-refractivity contribution in [2.24, 2.45) is 0 Å². The number of carbonyl (C=O) groups excluding carboxylic acids is 1. The summed E-state index contributed by atoms with van der Waals surface area (Å²) in [5.74, 6) is 1.71. The third-order valence-corrected chi connectivity index (χ3v) is 4.76. The summed E-state index contributed by atoms with van der Waals surface area (Å²) in [4.78, 5) is 12.2. The van der Waals surface area contributed by atoms with Crippen molar-refractivity contribution in [2.75, 3.05) is 5.75 Å². The van der Waals surface area contributed by atoms with E-state index in [2.05, 4.69) is 15.5 Å². The molecule has 1 aromatic carbocycles. The molecule has 6 nitrogen and oxygen atoms in total. The van der Waals surface area contributed by atoms with Gasteiger partial charge < -0.3 is 9.73 Å². The summed E-state index contributed by atoms with van der Waals surface area (Å²) < 4.78 is 7.28. The van der Waals surface area contributed by atoms with Crippen LogP contribution >= 0.6 is 11.8 Å². The van der Waals surface area contributed by atoms with Crippen molar-refractivity contribution < 1.29 is 9.21 Å². The molecule has 0 aliphatic carbocycles. The van der Waals surface area contributed by atoms with Crippen LogP contribution in [-0.4, -0.2) is 26.4 Å². The molecule has 1 amide bonds. The van der Waals surface area contributed by atoms with Gasteiger partial charge in [0.05, 0.1) is 23.7 Å². The Hall–Kier alpha value is -2.54. The van der Waals surface area contributed by atoms with Gasteiger partial charge in [-0.25, -0.2) is 0 Å². The standard InChI is InChI=1S/C18H20N4O2S/c1-12-7-4-5-8-15(12)22-14(3)20-21-18(22)25-11-17(23)19-13(2)16-9-6-10-24-16/h4-10,13H,11H2,1-3H3,(H,19,23). The van der Waals surface area contributed by atoms with Gasteiger partial charge in [-0.3, -0.25) is 9.36 Å². The van der Waals surface area contributed by atoms with Crippen LogP contribution in [0.1, 0.15) is 30.1 Å². The number of nitrogens with zero attached hydrogens (tertiary/aromatic N) is 3. The van der Waals surface area contributed by atoms with Crippen LogP contribution in [0.3, 0.4) is 0 Å². The molecule has 1 atom stereocenters. The van der Waals surface area contributed by atoms with Gasteiger partial charge in [0, 0.05) is 0 Å². The van der Waals surface area contributed by atoms with Gasteiger partial charge in [0.2, 0.25) is 5.91 Å². The van der Waals surface area contributed by atoms with Crippen LogP contribution in [0.15, 0.2) is 52.2 Å². The summed E-state index contributed by atoms with van der Waals surface area (Å²) in [7, 11) is 0. The summed E-state index contributed by atoms with van der Waals surface area (Å²) in [6.45, 7) is 5.84. The number of thioether (sulfide) groups is 1. The first-order chi connectivity index (χ1) is 12.1. The minimum atomic E-state index is -0.168. The lowest BCUT2D eigenvalue weighted by atomic mass is 10.2. The van der Waals surface area contributed by atoms with Crippen LogP contribution in [0.2, 0.25) is 0 Å². The maximum absolute atomic E-state index is 12.2. The van der Waals surface area contributed by atoms with E-state index in [9.17, 15) is 4.79 Å². The van der Waals surface area contributed by atoms with E-state index >= 15 is 0 Å².